The molecule has 0 bridgehead atoms. The standard InChI is InChI=1S/C18H25FN2O/c1-13(18(22)21-9-3-2-4-10-21)20-17-11-15(12-17)14-5-7-16(19)8-6-14/h5-8,13,15,17,20H,2-4,9-12H2,1H3/t13-,15?,17?/m0/s1. The molecule has 22 heavy (non-hydrogen) atoms. The highest BCUT2D eigenvalue weighted by atomic mass is 19.1. The molecular weight excluding hydrogens is 279 g/mol. The normalized spacial score (nSPS) is 26.4. The molecule has 1 aliphatic heterocycles. The van der Waals surface area contributed by atoms with Gasteiger partial charge in [-0.2, -0.15) is 0 Å². The van der Waals surface area contributed by atoms with Crippen LogP contribution >= 0.6 is 0 Å². The Morgan fingerprint density at radius 2 is 1.82 bits per heavy atom. The molecule has 1 saturated heterocycles. The van der Waals surface area contributed by atoms with Crippen molar-refractivity contribution in [3.8, 4) is 0 Å². The summed E-state index contributed by atoms with van der Waals surface area (Å²) in [5, 5.41) is 3.46. The first-order chi connectivity index (χ1) is 10.6. The third kappa shape index (κ3) is 3.49. The highest BCUT2D eigenvalue weighted by Crippen LogP contribution is 2.37. The molecular formula is C18H25FN2O. The minimum atomic E-state index is -0.182. The van der Waals surface area contributed by atoms with Crippen LogP contribution in [0.4, 0.5) is 4.39 Å². The van der Waals surface area contributed by atoms with Crippen LogP contribution in [0.1, 0.15) is 50.5 Å². The Balaban J connectivity index is 1.45. The Hall–Kier alpha value is -1.42. The maximum Gasteiger partial charge on any atom is 0.239 e. The number of nitrogens with one attached hydrogen (secondary N) is 1. The van der Waals surface area contributed by atoms with Crippen LogP contribution in [0.2, 0.25) is 0 Å². The Morgan fingerprint density at radius 3 is 2.45 bits per heavy atom. The minimum absolute atomic E-state index is 0.0998. The number of rotatable bonds is 4. The predicted octanol–water partition coefficient (Wildman–Crippen LogP) is 3.06. The first kappa shape index (κ1) is 15.5. The van der Waals surface area contributed by atoms with E-state index in [2.05, 4.69) is 5.32 Å². The minimum Gasteiger partial charge on any atom is -0.341 e. The summed E-state index contributed by atoms with van der Waals surface area (Å²) in [5.41, 5.74) is 1.20. The molecule has 4 heteroatoms. The van der Waals surface area contributed by atoms with Gasteiger partial charge in [-0.15, -0.1) is 0 Å². The fourth-order valence-corrected chi connectivity index (χ4v) is 3.57. The Labute approximate surface area is 131 Å². The molecule has 0 aromatic heterocycles. The van der Waals surface area contributed by atoms with Gasteiger partial charge in [0, 0.05) is 19.1 Å². The zero-order chi connectivity index (χ0) is 15.5. The molecule has 1 aromatic carbocycles. The molecule has 0 spiro atoms. The molecule has 1 atom stereocenters. The summed E-state index contributed by atoms with van der Waals surface area (Å²) in [6.45, 7) is 3.80. The van der Waals surface area contributed by atoms with Crippen molar-refractivity contribution in [1.82, 2.24) is 10.2 Å². The van der Waals surface area contributed by atoms with Gasteiger partial charge in [0.15, 0.2) is 0 Å². The maximum atomic E-state index is 12.9. The number of carbonyl (C=O) groups excluding carboxylic acids is 1. The zero-order valence-corrected chi connectivity index (χ0v) is 13.2. The van der Waals surface area contributed by atoms with Crippen molar-refractivity contribution in [2.75, 3.05) is 13.1 Å². The lowest BCUT2D eigenvalue weighted by atomic mass is 9.75. The van der Waals surface area contributed by atoms with E-state index in [0.717, 1.165) is 38.8 Å². The van der Waals surface area contributed by atoms with Crippen LogP contribution in [0.15, 0.2) is 24.3 Å². The average Bonchev–Trinajstić information content (AvgIpc) is 2.51. The summed E-state index contributed by atoms with van der Waals surface area (Å²) in [5.74, 6) is 0.554. The van der Waals surface area contributed by atoms with Gasteiger partial charge >= 0.3 is 0 Å². The number of benzene rings is 1. The van der Waals surface area contributed by atoms with E-state index in [1.165, 1.54) is 24.1 Å². The van der Waals surface area contributed by atoms with Gasteiger partial charge in [-0.1, -0.05) is 12.1 Å². The predicted molar refractivity (Wildman–Crippen MR) is 85.2 cm³/mol. The van der Waals surface area contributed by atoms with Crippen molar-refractivity contribution >= 4 is 5.91 Å². The van der Waals surface area contributed by atoms with E-state index in [-0.39, 0.29) is 17.8 Å². The van der Waals surface area contributed by atoms with Crippen molar-refractivity contribution in [3.05, 3.63) is 35.6 Å². The second kappa shape index (κ2) is 6.78. The summed E-state index contributed by atoms with van der Waals surface area (Å²) in [4.78, 5) is 14.4. The van der Waals surface area contributed by atoms with Gasteiger partial charge in [-0.05, 0) is 62.6 Å². The van der Waals surface area contributed by atoms with E-state index in [1.54, 1.807) is 0 Å². The largest absolute Gasteiger partial charge is 0.341 e. The lowest BCUT2D eigenvalue weighted by Gasteiger charge is -2.39. The van der Waals surface area contributed by atoms with Gasteiger partial charge in [0.2, 0.25) is 5.91 Å². The third-order valence-electron chi connectivity index (χ3n) is 5.00. The summed E-state index contributed by atoms with van der Waals surface area (Å²) in [7, 11) is 0. The number of halogens is 1. The van der Waals surface area contributed by atoms with Crippen molar-refractivity contribution < 1.29 is 9.18 Å². The number of likely N-dealkylation sites (tertiary alicyclic amines) is 1. The van der Waals surface area contributed by atoms with Crippen LogP contribution < -0.4 is 5.32 Å². The lowest BCUT2D eigenvalue weighted by Crippen LogP contribution is -2.52. The molecule has 3 nitrogen and oxygen atoms in total. The molecule has 2 aliphatic rings. The number of piperidine rings is 1. The highest BCUT2D eigenvalue weighted by Gasteiger charge is 2.33. The maximum absolute atomic E-state index is 12.9. The highest BCUT2D eigenvalue weighted by molar-refractivity contribution is 5.81. The van der Waals surface area contributed by atoms with Crippen LogP contribution in [0.25, 0.3) is 0 Å². The number of amides is 1. The second-order valence-electron chi connectivity index (χ2n) is 6.69. The Bertz CT molecular complexity index is 504. The fourth-order valence-electron chi connectivity index (χ4n) is 3.57. The van der Waals surface area contributed by atoms with Crippen molar-refractivity contribution in [2.24, 2.45) is 0 Å². The summed E-state index contributed by atoms with van der Waals surface area (Å²) in [6.07, 6.45) is 5.57. The first-order valence-electron chi connectivity index (χ1n) is 8.44. The van der Waals surface area contributed by atoms with Crippen LogP contribution in [-0.2, 0) is 4.79 Å². The van der Waals surface area contributed by atoms with Gasteiger partial charge in [-0.25, -0.2) is 4.39 Å². The van der Waals surface area contributed by atoms with Gasteiger partial charge in [-0.3, -0.25) is 4.79 Å². The van der Waals surface area contributed by atoms with E-state index in [1.807, 2.05) is 24.0 Å². The zero-order valence-electron chi connectivity index (χ0n) is 13.2. The molecule has 2 fully saturated rings. The smallest absolute Gasteiger partial charge is 0.239 e. The average molecular weight is 304 g/mol. The van der Waals surface area contributed by atoms with Gasteiger partial charge in [0.05, 0.1) is 6.04 Å². The van der Waals surface area contributed by atoms with Crippen molar-refractivity contribution in [1.29, 1.82) is 0 Å². The van der Waals surface area contributed by atoms with E-state index in [4.69, 9.17) is 0 Å². The van der Waals surface area contributed by atoms with E-state index in [0.29, 0.717) is 12.0 Å². The first-order valence-corrected chi connectivity index (χ1v) is 8.44. The fraction of sp³-hybridized carbons (Fsp3) is 0.611. The molecule has 1 N–H and O–H groups in total. The lowest BCUT2D eigenvalue weighted by molar-refractivity contribution is -0.134. The molecule has 1 heterocycles. The summed E-state index contributed by atoms with van der Waals surface area (Å²) >= 11 is 0. The van der Waals surface area contributed by atoms with Crippen LogP contribution in [0.5, 0.6) is 0 Å². The molecule has 1 aromatic rings. The van der Waals surface area contributed by atoms with Crippen LogP contribution in [-0.4, -0.2) is 36.0 Å². The monoisotopic (exact) mass is 304 g/mol. The van der Waals surface area contributed by atoms with Gasteiger partial charge in [0.25, 0.3) is 0 Å². The van der Waals surface area contributed by atoms with E-state index < -0.39 is 0 Å². The number of hydrogen-bond acceptors (Lipinski definition) is 2. The molecule has 3 rings (SSSR count). The quantitative estimate of drug-likeness (QED) is 0.927. The molecule has 1 aliphatic carbocycles. The summed E-state index contributed by atoms with van der Waals surface area (Å²) < 4.78 is 12.9. The number of carbonyl (C=O) groups is 1. The van der Waals surface area contributed by atoms with Gasteiger partial charge in [0.1, 0.15) is 5.82 Å². The SMILES string of the molecule is C[C@H](NC1CC(c2ccc(F)cc2)C1)C(=O)N1CCCCC1. The summed E-state index contributed by atoms with van der Waals surface area (Å²) in [6, 6.07) is 7.10. The molecule has 0 radical (unpaired) electrons. The Morgan fingerprint density at radius 1 is 1.18 bits per heavy atom. The molecule has 0 unspecified atom stereocenters. The second-order valence-corrected chi connectivity index (χ2v) is 6.69. The van der Waals surface area contributed by atoms with Crippen LogP contribution in [0, 0.1) is 5.82 Å². The number of nitrogens with zero attached hydrogens (tertiary/aromatic N) is 1. The number of hydrogen-bond donors (Lipinski definition) is 1. The molecule has 1 saturated carbocycles. The third-order valence-corrected chi connectivity index (χ3v) is 5.00. The van der Waals surface area contributed by atoms with Gasteiger partial charge < -0.3 is 10.2 Å². The molecule has 120 valence electrons. The Kier molecular flexibility index (Phi) is 4.77. The topological polar surface area (TPSA) is 32.3 Å². The van der Waals surface area contributed by atoms with Crippen LogP contribution in [0.3, 0.4) is 0 Å². The van der Waals surface area contributed by atoms with Crippen molar-refractivity contribution in [2.45, 2.75) is 57.0 Å². The van der Waals surface area contributed by atoms with E-state index in [9.17, 15) is 9.18 Å². The van der Waals surface area contributed by atoms with E-state index >= 15 is 0 Å². The molecule has 1 amide bonds. The van der Waals surface area contributed by atoms with Crippen molar-refractivity contribution in [3.63, 3.8) is 0 Å².